The summed E-state index contributed by atoms with van der Waals surface area (Å²) in [5.41, 5.74) is 17.2. The summed E-state index contributed by atoms with van der Waals surface area (Å²) in [7, 11) is 1.08. The zero-order valence-corrected chi connectivity index (χ0v) is 29.3. The number of fused-ring (bicyclic) bond motifs is 4. The van der Waals surface area contributed by atoms with Crippen LogP contribution in [0.3, 0.4) is 0 Å². The van der Waals surface area contributed by atoms with Gasteiger partial charge in [-0.2, -0.15) is 18.2 Å². The third-order valence-corrected chi connectivity index (χ3v) is 8.83. The number of hydrogen-bond acceptors (Lipinski definition) is 0. The minimum Gasteiger partial charge on any atom is -1.00 e. The number of aryl methyl sites for hydroxylation is 2. The molecule has 3 radical (unpaired) electrons. The molecule has 0 fully saturated rings. The molecule has 5 aromatic rings. The smallest absolute Gasteiger partial charge is 1.00 e. The Morgan fingerprint density at radius 3 is 2.21 bits per heavy atom. The maximum Gasteiger partial charge on any atom is 3.00 e. The number of hydrogen-bond donors (Lipinski definition) is 0. The first-order chi connectivity index (χ1) is 19.2. The number of rotatable bonds is 3. The standard InChI is InChI=1S/C36H27.C2H6Si.2ClH.Zr/c1-2-22-20-33-28(29-19-18-24-17-16-23-9-5-13-30(29)35(23)24)12-7-15-31(33)36(22)32-14-6-11-27-26-10-4-3-8-25(26)21-34(27)32;1-3-2;;;/h3-13,15,18-20,36H,2,16-17,21H2,1H3;1-2H3;2*1H;/q-1;;;;+3/p-2. The predicted octanol–water partition coefficient (Wildman–Crippen LogP) is 3.71. The summed E-state index contributed by atoms with van der Waals surface area (Å²) >= 11 is 0. The summed E-state index contributed by atoms with van der Waals surface area (Å²) in [6, 6.07) is 35.6. The molecule has 0 spiro atoms. The van der Waals surface area contributed by atoms with Gasteiger partial charge in [0.25, 0.3) is 0 Å². The van der Waals surface area contributed by atoms with Gasteiger partial charge in [0.15, 0.2) is 0 Å². The van der Waals surface area contributed by atoms with Crippen molar-refractivity contribution in [3.05, 3.63) is 136 Å². The van der Waals surface area contributed by atoms with Crippen molar-refractivity contribution in [1.29, 1.82) is 0 Å². The van der Waals surface area contributed by atoms with Crippen molar-refractivity contribution in [2.24, 2.45) is 0 Å². The molecule has 0 nitrogen and oxygen atoms in total. The number of benzene rings is 5. The Labute approximate surface area is 284 Å². The maximum absolute atomic E-state index is 3.72. The zero-order chi connectivity index (χ0) is 26.5. The molecule has 4 heteroatoms. The fraction of sp³-hybridized carbons (Fsp3) is 0.211. The van der Waals surface area contributed by atoms with Gasteiger partial charge < -0.3 is 24.8 Å². The zero-order valence-electron chi connectivity index (χ0n) is 24.3. The van der Waals surface area contributed by atoms with Crippen molar-refractivity contribution >= 4 is 26.4 Å². The molecule has 0 bridgehead atoms. The van der Waals surface area contributed by atoms with Crippen molar-refractivity contribution in [3.8, 4) is 22.3 Å². The van der Waals surface area contributed by atoms with E-state index in [4.69, 9.17) is 0 Å². The van der Waals surface area contributed by atoms with Gasteiger partial charge in [0, 0.05) is 15.4 Å². The van der Waals surface area contributed by atoms with Gasteiger partial charge in [-0.3, -0.25) is 0 Å². The van der Waals surface area contributed by atoms with Gasteiger partial charge in [-0.15, -0.1) is 16.7 Å². The third-order valence-electron chi connectivity index (χ3n) is 8.83. The van der Waals surface area contributed by atoms with E-state index in [0.717, 1.165) is 22.4 Å². The Morgan fingerprint density at radius 2 is 1.43 bits per heavy atom. The molecule has 0 saturated heterocycles. The van der Waals surface area contributed by atoms with E-state index in [1.54, 1.807) is 0 Å². The Kier molecular flexibility index (Phi) is 10.6. The molecule has 1 atom stereocenters. The van der Waals surface area contributed by atoms with Crippen LogP contribution in [-0.4, -0.2) is 9.52 Å². The molecule has 207 valence electrons. The fourth-order valence-corrected chi connectivity index (χ4v) is 7.20. The molecule has 3 aliphatic carbocycles. The van der Waals surface area contributed by atoms with Crippen molar-refractivity contribution in [3.63, 3.8) is 0 Å². The third kappa shape index (κ3) is 5.24. The van der Waals surface area contributed by atoms with Crippen molar-refractivity contribution in [1.82, 2.24) is 0 Å². The fourth-order valence-electron chi connectivity index (χ4n) is 7.20. The van der Waals surface area contributed by atoms with Crippen LogP contribution >= 0.6 is 0 Å². The molecule has 1 unspecified atom stereocenters. The molecule has 0 N–H and O–H groups in total. The Morgan fingerprint density at radius 1 is 0.738 bits per heavy atom. The van der Waals surface area contributed by atoms with Crippen molar-refractivity contribution in [2.75, 3.05) is 0 Å². The van der Waals surface area contributed by atoms with E-state index in [1.807, 2.05) is 0 Å². The summed E-state index contributed by atoms with van der Waals surface area (Å²) in [6.07, 6.45) is 6.89. The Balaban J connectivity index is 0.000000650. The normalized spacial score (nSPS) is 14.7. The molecule has 42 heavy (non-hydrogen) atoms. The van der Waals surface area contributed by atoms with E-state index in [0.29, 0.717) is 0 Å². The molecule has 0 saturated carbocycles. The summed E-state index contributed by atoms with van der Waals surface area (Å²) in [5.74, 6) is 0.283. The molecule has 0 aliphatic heterocycles. The average molecular weight is 680 g/mol. The number of allylic oxidation sites excluding steroid dienone is 1. The van der Waals surface area contributed by atoms with E-state index in [2.05, 4.69) is 117 Å². The summed E-state index contributed by atoms with van der Waals surface area (Å²) in [6.45, 7) is 6.61. The molecule has 0 amide bonds. The predicted molar refractivity (Wildman–Crippen MR) is 168 cm³/mol. The molecule has 0 aromatic heterocycles. The average Bonchev–Trinajstić information content (AvgIpc) is 3.68. The largest absolute Gasteiger partial charge is 3.00 e. The van der Waals surface area contributed by atoms with Gasteiger partial charge >= 0.3 is 26.2 Å². The first-order valence-corrected chi connectivity index (χ1v) is 16.3. The van der Waals surface area contributed by atoms with Crippen LogP contribution in [0.1, 0.15) is 58.2 Å². The van der Waals surface area contributed by atoms with Crippen LogP contribution in [0.2, 0.25) is 13.1 Å². The maximum atomic E-state index is 3.72. The van der Waals surface area contributed by atoms with Gasteiger partial charge in [0.2, 0.25) is 0 Å². The first kappa shape index (κ1) is 32.7. The van der Waals surface area contributed by atoms with Crippen LogP contribution in [0.25, 0.3) is 39.1 Å². The van der Waals surface area contributed by atoms with Gasteiger partial charge in [0.1, 0.15) is 0 Å². The SMILES string of the molecule is CCC1=Cc2c(-c3ccc4c5c(cccc35)CC4)cccc2C1c1[c-]ccc2c1Cc1ccccc1-2.C[Si]C.[Cl-].[Cl-].[Zr+3]. The van der Waals surface area contributed by atoms with E-state index in [9.17, 15) is 0 Å². The van der Waals surface area contributed by atoms with Crippen LogP contribution in [0.15, 0.2) is 90.5 Å². The number of halogens is 2. The van der Waals surface area contributed by atoms with Gasteiger partial charge in [-0.25, -0.2) is 0 Å². The van der Waals surface area contributed by atoms with Gasteiger partial charge in [-0.05, 0) is 81.0 Å². The molecular weight excluding hydrogens is 647 g/mol. The van der Waals surface area contributed by atoms with Crippen LogP contribution < -0.4 is 24.8 Å². The van der Waals surface area contributed by atoms with E-state index in [1.165, 1.54) is 90.4 Å². The quantitative estimate of drug-likeness (QED) is 0.198. The minimum atomic E-state index is 0. The second kappa shape index (κ2) is 13.6. The second-order valence-electron chi connectivity index (χ2n) is 11.0. The van der Waals surface area contributed by atoms with Crippen LogP contribution in [-0.2, 0) is 45.5 Å². The second-order valence-corrected chi connectivity index (χ2v) is 12.0. The summed E-state index contributed by atoms with van der Waals surface area (Å²) in [5, 5.41) is 2.90. The topological polar surface area (TPSA) is 0 Å². The van der Waals surface area contributed by atoms with Crippen LogP contribution in [0, 0.1) is 6.07 Å². The first-order valence-electron chi connectivity index (χ1n) is 14.3. The van der Waals surface area contributed by atoms with Crippen molar-refractivity contribution < 1.29 is 51.0 Å². The molecule has 8 rings (SSSR count). The van der Waals surface area contributed by atoms with Crippen LogP contribution in [0.4, 0.5) is 0 Å². The molecular formula is C38H33Cl2SiZr. The summed E-state index contributed by atoms with van der Waals surface area (Å²) < 4.78 is 0. The van der Waals surface area contributed by atoms with Crippen molar-refractivity contribution in [2.45, 2.75) is 51.6 Å². The van der Waals surface area contributed by atoms with Gasteiger partial charge in [0.05, 0.1) is 0 Å². The molecule has 3 aliphatic rings. The van der Waals surface area contributed by atoms with E-state index >= 15 is 0 Å². The van der Waals surface area contributed by atoms with E-state index in [-0.39, 0.29) is 56.9 Å². The summed E-state index contributed by atoms with van der Waals surface area (Å²) in [4.78, 5) is 0. The van der Waals surface area contributed by atoms with Gasteiger partial charge in [-0.1, -0.05) is 104 Å². The molecule has 5 aromatic carbocycles. The molecule has 0 heterocycles. The van der Waals surface area contributed by atoms with Crippen LogP contribution in [0.5, 0.6) is 0 Å². The minimum absolute atomic E-state index is 0. The Bertz CT molecular complexity index is 1780. The Hall–Kier alpha value is -2.22. The van der Waals surface area contributed by atoms with E-state index < -0.39 is 0 Å². The monoisotopic (exact) mass is 677 g/mol.